The van der Waals surface area contributed by atoms with E-state index in [0.29, 0.717) is 11.4 Å². The number of anilines is 2. The van der Waals surface area contributed by atoms with E-state index in [4.69, 9.17) is 4.42 Å². The Balaban J connectivity index is 2.09. The molecule has 8 nitrogen and oxygen atoms in total. The second kappa shape index (κ2) is 6.63. The zero-order chi connectivity index (χ0) is 17.0. The first-order valence-corrected chi connectivity index (χ1v) is 8.02. The van der Waals surface area contributed by atoms with Crippen LogP contribution >= 0.6 is 0 Å². The molecule has 0 aliphatic carbocycles. The van der Waals surface area contributed by atoms with Crippen molar-refractivity contribution >= 4 is 33.2 Å². The van der Waals surface area contributed by atoms with Gasteiger partial charge >= 0.3 is 0 Å². The van der Waals surface area contributed by atoms with Gasteiger partial charge < -0.3 is 15.1 Å². The smallest absolute Gasteiger partial charge is 0.291 e. The third-order valence-corrected chi connectivity index (χ3v) is 4.09. The number of hydrogen-bond acceptors (Lipinski definition) is 5. The molecule has 0 unspecified atom stereocenters. The van der Waals surface area contributed by atoms with Gasteiger partial charge in [-0.1, -0.05) is 0 Å². The van der Waals surface area contributed by atoms with Crippen LogP contribution in [0.3, 0.4) is 0 Å². The lowest BCUT2D eigenvalue weighted by Gasteiger charge is -2.05. The minimum Gasteiger partial charge on any atom is -0.438 e. The van der Waals surface area contributed by atoms with E-state index in [1.54, 1.807) is 24.3 Å². The highest BCUT2D eigenvalue weighted by Crippen LogP contribution is 2.17. The molecule has 0 radical (unpaired) electrons. The average Bonchev–Trinajstić information content (AvgIpc) is 2.99. The van der Waals surface area contributed by atoms with Crippen LogP contribution in [0.4, 0.5) is 11.4 Å². The first-order valence-electron chi connectivity index (χ1n) is 6.54. The SMILES string of the molecule is CNS(=O)(=O)c1ccc(C(=O)Nc2ccc(NC(C)=O)cc2)o1. The Labute approximate surface area is 132 Å². The summed E-state index contributed by atoms with van der Waals surface area (Å²) in [5, 5.41) is 4.82. The lowest BCUT2D eigenvalue weighted by Crippen LogP contribution is -2.18. The maximum Gasteiger partial charge on any atom is 0.291 e. The summed E-state index contributed by atoms with van der Waals surface area (Å²) in [6.45, 7) is 1.39. The van der Waals surface area contributed by atoms with E-state index >= 15 is 0 Å². The van der Waals surface area contributed by atoms with Gasteiger partial charge in [-0.05, 0) is 43.4 Å². The fourth-order valence-electron chi connectivity index (χ4n) is 1.72. The van der Waals surface area contributed by atoms with Crippen LogP contribution in [0.2, 0.25) is 0 Å². The van der Waals surface area contributed by atoms with Crippen LogP contribution in [0.5, 0.6) is 0 Å². The molecule has 0 fully saturated rings. The van der Waals surface area contributed by atoms with Crippen molar-refractivity contribution in [2.24, 2.45) is 0 Å². The molecule has 1 heterocycles. The van der Waals surface area contributed by atoms with E-state index in [1.807, 2.05) is 0 Å². The molecule has 122 valence electrons. The van der Waals surface area contributed by atoms with Crippen LogP contribution in [0.1, 0.15) is 17.5 Å². The zero-order valence-corrected chi connectivity index (χ0v) is 13.2. The quantitative estimate of drug-likeness (QED) is 0.762. The van der Waals surface area contributed by atoms with Crippen LogP contribution in [-0.2, 0) is 14.8 Å². The summed E-state index contributed by atoms with van der Waals surface area (Å²) in [6, 6.07) is 8.90. The number of carbonyl (C=O) groups excluding carboxylic acids is 2. The summed E-state index contributed by atoms with van der Waals surface area (Å²) in [7, 11) is -2.49. The van der Waals surface area contributed by atoms with Crippen molar-refractivity contribution < 1.29 is 22.4 Å². The first kappa shape index (κ1) is 16.7. The third-order valence-electron chi connectivity index (χ3n) is 2.80. The number of furan rings is 1. The third kappa shape index (κ3) is 4.18. The van der Waals surface area contributed by atoms with Gasteiger partial charge in [0.15, 0.2) is 5.76 Å². The molecule has 9 heteroatoms. The van der Waals surface area contributed by atoms with E-state index in [2.05, 4.69) is 15.4 Å². The normalized spacial score (nSPS) is 11.0. The number of hydrogen-bond donors (Lipinski definition) is 3. The van der Waals surface area contributed by atoms with Gasteiger partial charge in [-0.2, -0.15) is 0 Å². The van der Waals surface area contributed by atoms with Gasteiger partial charge in [0, 0.05) is 18.3 Å². The molecular formula is C14H15N3O5S. The van der Waals surface area contributed by atoms with Crippen molar-refractivity contribution in [3.63, 3.8) is 0 Å². The van der Waals surface area contributed by atoms with Gasteiger partial charge in [-0.3, -0.25) is 9.59 Å². The molecule has 0 bridgehead atoms. The van der Waals surface area contributed by atoms with Crippen molar-refractivity contribution in [2.45, 2.75) is 12.0 Å². The number of carbonyl (C=O) groups is 2. The van der Waals surface area contributed by atoms with Gasteiger partial charge in [0.2, 0.25) is 11.0 Å². The Bertz CT molecular complexity index is 824. The molecule has 23 heavy (non-hydrogen) atoms. The fraction of sp³-hybridized carbons (Fsp3) is 0.143. The number of nitrogens with one attached hydrogen (secondary N) is 3. The van der Waals surface area contributed by atoms with Gasteiger partial charge in [0.25, 0.3) is 15.9 Å². The van der Waals surface area contributed by atoms with Crippen molar-refractivity contribution in [1.82, 2.24) is 4.72 Å². The molecule has 2 aromatic rings. The lowest BCUT2D eigenvalue weighted by molar-refractivity contribution is -0.114. The highest BCUT2D eigenvalue weighted by atomic mass is 32.2. The van der Waals surface area contributed by atoms with E-state index in [-0.39, 0.29) is 16.8 Å². The van der Waals surface area contributed by atoms with Gasteiger partial charge in [-0.15, -0.1) is 0 Å². The van der Waals surface area contributed by atoms with Crippen molar-refractivity contribution in [1.29, 1.82) is 0 Å². The van der Waals surface area contributed by atoms with Crippen LogP contribution in [0, 0.1) is 0 Å². The second-order valence-corrected chi connectivity index (χ2v) is 6.36. The van der Waals surface area contributed by atoms with Gasteiger partial charge in [0.05, 0.1) is 0 Å². The summed E-state index contributed by atoms with van der Waals surface area (Å²) >= 11 is 0. The summed E-state index contributed by atoms with van der Waals surface area (Å²) in [4.78, 5) is 22.9. The molecule has 2 amide bonds. The average molecular weight is 337 g/mol. The second-order valence-electron chi connectivity index (χ2n) is 4.54. The predicted octanol–water partition coefficient (Wildman–Crippen LogP) is 1.40. The maximum absolute atomic E-state index is 12.0. The standard InChI is InChI=1S/C14H15N3O5S/c1-9(18)16-10-3-5-11(6-4-10)17-14(19)12-7-8-13(22-12)23(20,21)15-2/h3-8,15H,1-2H3,(H,16,18)(H,17,19). The number of amides is 2. The molecule has 1 aromatic heterocycles. The number of rotatable bonds is 5. The number of benzene rings is 1. The molecular weight excluding hydrogens is 322 g/mol. The van der Waals surface area contributed by atoms with Crippen LogP contribution in [0.15, 0.2) is 45.9 Å². The van der Waals surface area contributed by atoms with Crippen LogP contribution in [-0.4, -0.2) is 27.3 Å². The predicted molar refractivity (Wildman–Crippen MR) is 83.7 cm³/mol. The molecule has 0 aliphatic rings. The Hall–Kier alpha value is -2.65. The minimum atomic E-state index is -3.74. The van der Waals surface area contributed by atoms with E-state index < -0.39 is 15.9 Å². The van der Waals surface area contributed by atoms with Crippen molar-refractivity contribution in [2.75, 3.05) is 17.7 Å². The fourth-order valence-corrected chi connectivity index (χ4v) is 2.37. The molecule has 1 aromatic carbocycles. The molecule has 0 spiro atoms. The first-order chi connectivity index (χ1) is 10.8. The molecule has 0 aliphatic heterocycles. The largest absolute Gasteiger partial charge is 0.438 e. The number of sulfonamides is 1. The summed E-state index contributed by atoms with van der Waals surface area (Å²) in [5.41, 5.74) is 1.06. The monoisotopic (exact) mass is 337 g/mol. The van der Waals surface area contributed by atoms with Crippen LogP contribution in [0.25, 0.3) is 0 Å². The maximum atomic E-state index is 12.0. The molecule has 0 saturated heterocycles. The van der Waals surface area contributed by atoms with Crippen molar-refractivity contribution in [3.05, 3.63) is 42.2 Å². The lowest BCUT2D eigenvalue weighted by atomic mass is 10.2. The van der Waals surface area contributed by atoms with E-state index in [9.17, 15) is 18.0 Å². The zero-order valence-electron chi connectivity index (χ0n) is 12.4. The topological polar surface area (TPSA) is 118 Å². The van der Waals surface area contributed by atoms with Gasteiger partial charge in [0.1, 0.15) is 0 Å². The Morgan fingerprint density at radius 3 is 2.04 bits per heavy atom. The summed E-state index contributed by atoms with van der Waals surface area (Å²) in [6.07, 6.45) is 0. The minimum absolute atomic E-state index is 0.134. The summed E-state index contributed by atoms with van der Waals surface area (Å²) in [5.74, 6) is -0.921. The Morgan fingerprint density at radius 2 is 1.52 bits per heavy atom. The van der Waals surface area contributed by atoms with Gasteiger partial charge in [-0.25, -0.2) is 13.1 Å². The molecule has 3 N–H and O–H groups in total. The highest BCUT2D eigenvalue weighted by molar-refractivity contribution is 7.89. The van der Waals surface area contributed by atoms with E-state index in [1.165, 1.54) is 26.1 Å². The van der Waals surface area contributed by atoms with Crippen LogP contribution < -0.4 is 15.4 Å². The highest BCUT2D eigenvalue weighted by Gasteiger charge is 2.19. The molecule has 2 rings (SSSR count). The molecule has 0 saturated carbocycles. The Morgan fingerprint density at radius 1 is 0.957 bits per heavy atom. The Kier molecular flexibility index (Phi) is 4.82. The molecule has 0 atom stereocenters. The summed E-state index contributed by atoms with van der Waals surface area (Å²) < 4.78 is 30.2. The van der Waals surface area contributed by atoms with E-state index in [0.717, 1.165) is 0 Å². The van der Waals surface area contributed by atoms with Crippen molar-refractivity contribution in [3.8, 4) is 0 Å².